The fourth-order valence-electron chi connectivity index (χ4n) is 3.78. The second-order valence-corrected chi connectivity index (χ2v) is 9.03. The van der Waals surface area contributed by atoms with Gasteiger partial charge in [-0.1, -0.05) is 0 Å². The van der Waals surface area contributed by atoms with E-state index in [0.29, 0.717) is 0 Å². The van der Waals surface area contributed by atoms with Gasteiger partial charge >= 0.3 is 169 Å². The van der Waals surface area contributed by atoms with Gasteiger partial charge in [0.15, 0.2) is 0 Å². The van der Waals surface area contributed by atoms with Gasteiger partial charge in [0.25, 0.3) is 0 Å². The molecule has 0 atom stereocenters. The van der Waals surface area contributed by atoms with Crippen molar-refractivity contribution in [1.29, 1.82) is 0 Å². The van der Waals surface area contributed by atoms with Gasteiger partial charge in [0.05, 0.1) is 0 Å². The first-order valence-electron chi connectivity index (χ1n) is 9.32. The van der Waals surface area contributed by atoms with Gasteiger partial charge < -0.3 is 24.8 Å². The fraction of sp³-hybridized carbons (Fsp3) is 0.391. The van der Waals surface area contributed by atoms with Gasteiger partial charge in [0.1, 0.15) is 0 Å². The van der Waals surface area contributed by atoms with E-state index >= 15 is 0 Å². The molecule has 0 heterocycles. The third kappa shape index (κ3) is 4.86. The predicted molar refractivity (Wildman–Crippen MR) is 107 cm³/mol. The molecular weight excluding hydrogens is 425 g/mol. The van der Waals surface area contributed by atoms with Crippen LogP contribution in [0.25, 0.3) is 20.6 Å². The van der Waals surface area contributed by atoms with E-state index in [1.165, 1.54) is 47.8 Å². The Morgan fingerprint density at radius 2 is 1.68 bits per heavy atom. The smallest absolute Gasteiger partial charge is 1.00 e. The van der Waals surface area contributed by atoms with Crippen molar-refractivity contribution >= 4 is 15.1 Å². The molecule has 1 aliphatic rings. The first kappa shape index (κ1) is 25.3. The van der Waals surface area contributed by atoms with Gasteiger partial charge in [-0.05, 0) is 0 Å². The number of hydrogen-bond acceptors (Lipinski definition) is 2. The molecule has 3 rings (SSSR count). The van der Waals surface area contributed by atoms with Crippen molar-refractivity contribution in [2.45, 2.75) is 53.0 Å². The fourth-order valence-corrected chi connectivity index (χ4v) is 4.52. The summed E-state index contributed by atoms with van der Waals surface area (Å²) in [5.41, 5.74) is 7.89. The van der Waals surface area contributed by atoms with E-state index in [4.69, 9.17) is 0 Å². The molecule has 0 fully saturated rings. The number of benzene rings is 2. The molecular formula is C23H28Cl2NOTi. The summed E-state index contributed by atoms with van der Waals surface area (Å²) in [6.07, 6.45) is 1.74. The van der Waals surface area contributed by atoms with Crippen LogP contribution in [0.2, 0.25) is 0 Å². The Labute approximate surface area is 192 Å². The maximum Gasteiger partial charge on any atom is -1.00 e. The summed E-state index contributed by atoms with van der Waals surface area (Å²) >= 11 is 2.24. The molecule has 0 aliphatic heterocycles. The van der Waals surface area contributed by atoms with E-state index < -0.39 is 0 Å². The van der Waals surface area contributed by atoms with E-state index in [0.717, 1.165) is 12.8 Å². The number of aliphatic hydroxyl groups excluding tert-OH is 1. The number of fused-ring (bicyclic) bond motifs is 3. The van der Waals surface area contributed by atoms with Crippen LogP contribution in [0.1, 0.15) is 51.7 Å². The maximum absolute atomic E-state index is 9.23. The van der Waals surface area contributed by atoms with Crippen LogP contribution < -0.4 is 40.6 Å². The van der Waals surface area contributed by atoms with Crippen LogP contribution in [0.4, 0.5) is 5.69 Å². The van der Waals surface area contributed by atoms with Crippen LogP contribution in [0, 0.1) is 6.92 Å². The summed E-state index contributed by atoms with van der Waals surface area (Å²) in [6, 6.07) is 11.1. The van der Waals surface area contributed by atoms with Crippen LogP contribution in [0.3, 0.4) is 0 Å². The predicted octanol–water partition coefficient (Wildman–Crippen LogP) is -2.16. The van der Waals surface area contributed by atoms with Crippen molar-refractivity contribution in [3.05, 3.63) is 51.9 Å². The van der Waals surface area contributed by atoms with Crippen molar-refractivity contribution in [2.75, 3.05) is 11.9 Å². The molecule has 2 nitrogen and oxygen atoms in total. The molecule has 2 aromatic rings. The van der Waals surface area contributed by atoms with Crippen LogP contribution in [0.15, 0.2) is 30.3 Å². The molecule has 2 aromatic carbocycles. The number of halogens is 2. The van der Waals surface area contributed by atoms with Gasteiger partial charge in [-0.25, -0.2) is 0 Å². The van der Waals surface area contributed by atoms with E-state index in [1.54, 1.807) is 0 Å². The SMILES string of the molecule is CC(CCCO)=c1cc2c(c(NC(C)(C)C)c1C)=[C]([Ti+2])c1ccccc1-2.[Cl-].[Cl-]. The number of nitrogens with one attached hydrogen (secondary N) is 1. The summed E-state index contributed by atoms with van der Waals surface area (Å²) in [5, 5.41) is 15.7. The van der Waals surface area contributed by atoms with Crippen molar-refractivity contribution < 1.29 is 50.4 Å². The second-order valence-electron chi connectivity index (χ2n) is 8.25. The number of anilines is 1. The third-order valence-corrected chi connectivity index (χ3v) is 5.80. The molecule has 0 bridgehead atoms. The standard InChI is InChI=1S/C23H28NO.2ClH.Ti/c1-15(9-8-12-25)19-14-20-18-11-7-6-10-17(18)13-21(20)22(16(19)2)24-23(3,4)5;;;/h6-7,10-11,14,24-25H,8-9,12H2,1-5H3;2*1H;/q;;;+2/p-2. The zero-order chi connectivity index (χ0) is 19.1. The molecule has 149 valence electrons. The van der Waals surface area contributed by atoms with Crippen molar-refractivity contribution in [1.82, 2.24) is 0 Å². The second kappa shape index (κ2) is 9.83. The summed E-state index contributed by atoms with van der Waals surface area (Å²) < 4.78 is 1.35. The Morgan fingerprint density at radius 3 is 2.25 bits per heavy atom. The Balaban J connectivity index is 0.00000196. The Morgan fingerprint density at radius 1 is 1.07 bits per heavy atom. The van der Waals surface area contributed by atoms with Crippen molar-refractivity contribution in [3.8, 4) is 11.1 Å². The minimum Gasteiger partial charge on any atom is -1.00 e. The van der Waals surface area contributed by atoms with E-state index in [2.05, 4.69) is 90.7 Å². The first-order valence-corrected chi connectivity index (χ1v) is 10.1. The molecule has 0 radical (unpaired) electrons. The van der Waals surface area contributed by atoms with Crippen LogP contribution in [-0.4, -0.2) is 17.3 Å². The topological polar surface area (TPSA) is 32.3 Å². The van der Waals surface area contributed by atoms with Gasteiger partial charge in [-0.2, -0.15) is 0 Å². The van der Waals surface area contributed by atoms with Gasteiger partial charge in [0, 0.05) is 0 Å². The van der Waals surface area contributed by atoms with Crippen LogP contribution in [0.5, 0.6) is 0 Å². The zero-order valence-corrected chi connectivity index (χ0v) is 20.3. The number of aliphatic hydroxyl groups is 1. The van der Waals surface area contributed by atoms with Crippen LogP contribution >= 0.6 is 0 Å². The molecule has 0 spiro atoms. The number of rotatable bonds is 4. The molecule has 1 aliphatic carbocycles. The third-order valence-electron chi connectivity index (χ3n) is 4.99. The van der Waals surface area contributed by atoms with Gasteiger partial charge in [0.2, 0.25) is 0 Å². The average Bonchev–Trinajstić information content (AvgIpc) is 2.87. The van der Waals surface area contributed by atoms with Crippen molar-refractivity contribution in [2.24, 2.45) is 0 Å². The average molecular weight is 453 g/mol. The van der Waals surface area contributed by atoms with E-state index in [9.17, 15) is 5.11 Å². The molecule has 5 heteroatoms. The summed E-state index contributed by atoms with van der Waals surface area (Å²) in [4.78, 5) is 0. The summed E-state index contributed by atoms with van der Waals surface area (Å²) in [5.74, 6) is 0. The molecule has 0 saturated carbocycles. The first-order chi connectivity index (χ1) is 12.2. The largest absolute Gasteiger partial charge is 1.00 e. The molecule has 2 N–H and O–H groups in total. The normalized spacial score (nSPS) is 13.2. The monoisotopic (exact) mass is 452 g/mol. The van der Waals surface area contributed by atoms with Crippen molar-refractivity contribution in [3.63, 3.8) is 0 Å². The Bertz CT molecular complexity index is 977. The zero-order valence-electron chi connectivity index (χ0n) is 17.2. The summed E-state index contributed by atoms with van der Waals surface area (Å²) in [7, 11) is 0. The van der Waals surface area contributed by atoms with E-state index in [-0.39, 0.29) is 37.0 Å². The van der Waals surface area contributed by atoms with Crippen LogP contribution in [-0.2, 0) is 20.4 Å². The molecule has 0 unspecified atom stereocenters. The van der Waals surface area contributed by atoms with E-state index in [1.807, 2.05) is 0 Å². The molecule has 0 amide bonds. The molecule has 28 heavy (non-hydrogen) atoms. The molecule has 0 aromatic heterocycles. The Hall–Kier alpha value is -0.766. The van der Waals surface area contributed by atoms with Gasteiger partial charge in [-0.15, -0.1) is 0 Å². The molecule has 0 saturated heterocycles. The Kier molecular flexibility index (Phi) is 8.87. The number of hydrogen-bond donors (Lipinski definition) is 2. The maximum atomic E-state index is 9.23. The summed E-state index contributed by atoms with van der Waals surface area (Å²) in [6.45, 7) is 11.3. The van der Waals surface area contributed by atoms with Gasteiger partial charge in [-0.3, -0.25) is 0 Å². The minimum absolute atomic E-state index is 0. The minimum atomic E-state index is -0.00872. The quantitative estimate of drug-likeness (QED) is 0.518.